The number of nitrogens with zero attached hydrogens (tertiary/aromatic N) is 2. The first-order valence-electron chi connectivity index (χ1n) is 7.21. The summed E-state index contributed by atoms with van der Waals surface area (Å²) >= 11 is 0. The first-order valence-corrected chi connectivity index (χ1v) is 8.69. The topological polar surface area (TPSA) is 90.3 Å². The smallest absolute Gasteiger partial charge is 0.337 e. The van der Waals surface area contributed by atoms with Crippen LogP contribution in [0.2, 0.25) is 0 Å². The molecule has 8 heteroatoms. The minimum absolute atomic E-state index is 0.129. The van der Waals surface area contributed by atoms with Crippen molar-refractivity contribution in [3.05, 3.63) is 47.8 Å². The van der Waals surface area contributed by atoms with Gasteiger partial charge in [0.05, 0.1) is 17.6 Å². The quantitative estimate of drug-likeness (QED) is 0.841. The monoisotopic (exact) mass is 335 g/mol. The summed E-state index contributed by atoms with van der Waals surface area (Å²) in [4.78, 5) is 11.5. The average molecular weight is 335 g/mol. The summed E-state index contributed by atoms with van der Waals surface area (Å²) in [5.41, 5.74) is 1.33. The van der Waals surface area contributed by atoms with Crippen LogP contribution in [0.25, 0.3) is 0 Å². The van der Waals surface area contributed by atoms with Crippen molar-refractivity contribution in [3.8, 4) is 0 Å². The molecule has 1 aromatic heterocycles. The molecule has 1 aromatic carbocycles. The summed E-state index contributed by atoms with van der Waals surface area (Å²) in [6.45, 7) is 0.691. The molecule has 0 radical (unpaired) electrons. The highest BCUT2D eigenvalue weighted by molar-refractivity contribution is 7.89. The fourth-order valence-electron chi connectivity index (χ4n) is 2.64. The molecule has 122 valence electrons. The van der Waals surface area contributed by atoms with Crippen LogP contribution in [0.15, 0.2) is 41.4 Å². The Bertz CT molecular complexity index is 812. The van der Waals surface area contributed by atoms with E-state index in [1.54, 1.807) is 6.20 Å². The van der Waals surface area contributed by atoms with Gasteiger partial charge in [0.2, 0.25) is 10.0 Å². The van der Waals surface area contributed by atoms with E-state index in [-0.39, 0.29) is 10.9 Å². The van der Waals surface area contributed by atoms with Crippen molar-refractivity contribution in [2.75, 3.05) is 7.11 Å². The summed E-state index contributed by atoms with van der Waals surface area (Å²) in [7, 11) is -2.35. The van der Waals surface area contributed by atoms with Gasteiger partial charge in [-0.15, -0.1) is 0 Å². The molecule has 0 fully saturated rings. The van der Waals surface area contributed by atoms with Gasteiger partial charge in [0.1, 0.15) is 0 Å². The van der Waals surface area contributed by atoms with Crippen LogP contribution in [0.4, 0.5) is 0 Å². The van der Waals surface area contributed by atoms with Gasteiger partial charge in [-0.3, -0.25) is 4.68 Å². The van der Waals surface area contributed by atoms with E-state index >= 15 is 0 Å². The molecule has 0 bridgehead atoms. The Morgan fingerprint density at radius 2 is 2.04 bits per heavy atom. The Morgan fingerprint density at radius 1 is 1.30 bits per heavy atom. The third-order valence-corrected chi connectivity index (χ3v) is 5.39. The molecule has 7 nitrogen and oxygen atoms in total. The van der Waals surface area contributed by atoms with E-state index < -0.39 is 16.0 Å². The minimum Gasteiger partial charge on any atom is -0.465 e. The van der Waals surface area contributed by atoms with Crippen molar-refractivity contribution in [2.24, 2.45) is 0 Å². The number of ether oxygens (including phenoxy) is 1. The second kappa shape index (κ2) is 6.13. The van der Waals surface area contributed by atoms with E-state index in [4.69, 9.17) is 0 Å². The zero-order valence-corrected chi connectivity index (χ0v) is 13.4. The molecule has 23 heavy (non-hydrogen) atoms. The minimum atomic E-state index is -3.63. The van der Waals surface area contributed by atoms with Crippen molar-refractivity contribution in [1.29, 1.82) is 0 Å². The van der Waals surface area contributed by atoms with Gasteiger partial charge in [0, 0.05) is 30.9 Å². The first kappa shape index (κ1) is 15.7. The molecule has 0 saturated carbocycles. The van der Waals surface area contributed by atoms with E-state index in [9.17, 15) is 13.2 Å². The van der Waals surface area contributed by atoms with Gasteiger partial charge in [-0.1, -0.05) is 0 Å². The van der Waals surface area contributed by atoms with Gasteiger partial charge >= 0.3 is 5.97 Å². The number of benzene rings is 1. The van der Waals surface area contributed by atoms with E-state index in [0.29, 0.717) is 24.9 Å². The highest BCUT2D eigenvalue weighted by Gasteiger charge is 2.24. The normalized spacial score (nSPS) is 17.5. The lowest BCUT2D eigenvalue weighted by Gasteiger charge is -2.24. The predicted octanol–water partition coefficient (Wildman–Crippen LogP) is 0.963. The van der Waals surface area contributed by atoms with Crippen LogP contribution in [-0.2, 0) is 27.7 Å². The van der Waals surface area contributed by atoms with E-state index in [1.807, 2.05) is 10.7 Å². The Balaban J connectivity index is 1.73. The highest BCUT2D eigenvalue weighted by Crippen LogP contribution is 2.17. The maximum atomic E-state index is 12.5. The van der Waals surface area contributed by atoms with Crippen LogP contribution >= 0.6 is 0 Å². The summed E-state index contributed by atoms with van der Waals surface area (Å²) in [5.74, 6) is -0.498. The van der Waals surface area contributed by atoms with Gasteiger partial charge in [0.25, 0.3) is 0 Å². The number of hydrogen-bond donors (Lipinski definition) is 1. The maximum absolute atomic E-state index is 12.5. The number of carbonyl (C=O) groups is 1. The number of nitrogens with one attached hydrogen (secondary N) is 1. The molecule has 0 aliphatic carbocycles. The fraction of sp³-hybridized carbons (Fsp3) is 0.333. The van der Waals surface area contributed by atoms with Crippen molar-refractivity contribution >= 4 is 16.0 Å². The van der Waals surface area contributed by atoms with E-state index in [2.05, 4.69) is 14.6 Å². The molecule has 0 saturated heterocycles. The molecular formula is C15H17N3O4S. The zero-order chi connectivity index (χ0) is 16.4. The average Bonchev–Trinajstić information content (AvgIpc) is 3.01. The number of carbonyl (C=O) groups excluding carboxylic acids is 1. The van der Waals surface area contributed by atoms with Gasteiger partial charge in [-0.05, 0) is 36.8 Å². The lowest BCUT2D eigenvalue weighted by atomic mass is 10.1. The second-order valence-corrected chi connectivity index (χ2v) is 7.09. The standard InChI is InChI=1S/C15H17N3O4S/c1-22-15(19)11-2-4-14(5-3-11)23(20,21)17-12-7-9-18-13(10-12)6-8-16-18/h2-6,8,12,17H,7,9-10H2,1H3. The first-order chi connectivity index (χ1) is 11.0. The number of fused-ring (bicyclic) bond motifs is 1. The second-order valence-electron chi connectivity index (χ2n) is 5.37. The number of esters is 1. The van der Waals surface area contributed by atoms with Gasteiger partial charge < -0.3 is 4.74 Å². The largest absolute Gasteiger partial charge is 0.465 e. The van der Waals surface area contributed by atoms with Crippen LogP contribution in [-0.4, -0.2) is 37.3 Å². The Hall–Kier alpha value is -2.19. The molecule has 1 atom stereocenters. The SMILES string of the molecule is COC(=O)c1ccc(S(=O)(=O)NC2CCn3nccc3C2)cc1. The summed E-state index contributed by atoms with van der Waals surface area (Å²) < 4.78 is 34.1. The number of methoxy groups -OCH3 is 1. The van der Waals surface area contributed by atoms with E-state index in [0.717, 1.165) is 5.69 Å². The molecule has 0 spiro atoms. The van der Waals surface area contributed by atoms with Gasteiger partial charge in [-0.25, -0.2) is 17.9 Å². The number of aromatic nitrogens is 2. The molecule has 2 heterocycles. The molecule has 1 N–H and O–H groups in total. The van der Waals surface area contributed by atoms with Gasteiger partial charge in [-0.2, -0.15) is 5.10 Å². The third kappa shape index (κ3) is 3.27. The van der Waals surface area contributed by atoms with Gasteiger partial charge in [0.15, 0.2) is 0 Å². The molecule has 1 unspecified atom stereocenters. The van der Waals surface area contributed by atoms with Crippen molar-refractivity contribution in [3.63, 3.8) is 0 Å². The summed E-state index contributed by atoms with van der Waals surface area (Å²) in [5, 5.41) is 4.18. The summed E-state index contributed by atoms with van der Waals surface area (Å²) in [6.07, 6.45) is 3.02. The highest BCUT2D eigenvalue weighted by atomic mass is 32.2. The Morgan fingerprint density at radius 3 is 2.74 bits per heavy atom. The molecule has 1 aliphatic rings. The molecule has 0 amide bonds. The fourth-order valence-corrected chi connectivity index (χ4v) is 3.91. The molecule has 2 aromatic rings. The van der Waals surface area contributed by atoms with Crippen molar-refractivity contribution in [1.82, 2.24) is 14.5 Å². The molecule has 1 aliphatic heterocycles. The molecule has 3 rings (SSSR count). The van der Waals surface area contributed by atoms with Crippen LogP contribution < -0.4 is 4.72 Å². The van der Waals surface area contributed by atoms with Crippen LogP contribution in [0.3, 0.4) is 0 Å². The zero-order valence-electron chi connectivity index (χ0n) is 12.6. The third-order valence-electron chi connectivity index (χ3n) is 3.86. The Kier molecular flexibility index (Phi) is 4.18. The van der Waals surface area contributed by atoms with E-state index in [1.165, 1.54) is 31.4 Å². The number of aryl methyl sites for hydroxylation is 1. The van der Waals surface area contributed by atoms with Crippen molar-refractivity contribution < 1.29 is 17.9 Å². The lowest BCUT2D eigenvalue weighted by molar-refractivity contribution is 0.0600. The number of hydrogen-bond acceptors (Lipinski definition) is 5. The Labute approximate surface area is 134 Å². The van der Waals surface area contributed by atoms with Crippen LogP contribution in [0.5, 0.6) is 0 Å². The van der Waals surface area contributed by atoms with Crippen molar-refractivity contribution in [2.45, 2.75) is 30.3 Å². The lowest BCUT2D eigenvalue weighted by Crippen LogP contribution is -2.40. The van der Waals surface area contributed by atoms with Crippen LogP contribution in [0, 0.1) is 0 Å². The molecular weight excluding hydrogens is 318 g/mol. The maximum Gasteiger partial charge on any atom is 0.337 e. The number of sulfonamides is 1. The summed E-state index contributed by atoms with van der Waals surface area (Å²) in [6, 6.07) is 7.42. The number of rotatable bonds is 4. The predicted molar refractivity (Wildman–Crippen MR) is 82.4 cm³/mol. The van der Waals surface area contributed by atoms with Crippen LogP contribution in [0.1, 0.15) is 22.5 Å².